The zero-order valence-electron chi connectivity index (χ0n) is 10.1. The summed E-state index contributed by atoms with van der Waals surface area (Å²) >= 11 is 6.11. The van der Waals surface area contributed by atoms with Gasteiger partial charge in [-0.3, -0.25) is 0 Å². The summed E-state index contributed by atoms with van der Waals surface area (Å²) in [6.45, 7) is 3.80. The van der Waals surface area contributed by atoms with Crippen LogP contribution in [0.3, 0.4) is 0 Å². The molecule has 2 N–H and O–H groups in total. The van der Waals surface area contributed by atoms with Gasteiger partial charge >= 0.3 is 0 Å². The van der Waals surface area contributed by atoms with Gasteiger partial charge < -0.3 is 19.9 Å². The van der Waals surface area contributed by atoms with Crippen LogP contribution in [0, 0.1) is 0 Å². The molecule has 0 fully saturated rings. The summed E-state index contributed by atoms with van der Waals surface area (Å²) in [5.74, 6) is 1.06. The average Bonchev–Trinajstić information content (AvgIpc) is 2.34. The fourth-order valence-corrected chi connectivity index (χ4v) is 1.72. The maximum absolute atomic E-state index is 8.73. The smallest absolute Gasteiger partial charge is 0.179 e. The van der Waals surface area contributed by atoms with Crippen LogP contribution in [0.1, 0.15) is 12.5 Å². The van der Waals surface area contributed by atoms with E-state index in [4.69, 9.17) is 26.2 Å². The number of nitrogens with one attached hydrogen (secondary N) is 1. The largest absolute Gasteiger partial charge is 0.493 e. The molecular formula is C12H18ClNO3. The second-order valence-electron chi connectivity index (χ2n) is 3.46. The topological polar surface area (TPSA) is 50.7 Å². The van der Waals surface area contributed by atoms with E-state index >= 15 is 0 Å². The van der Waals surface area contributed by atoms with Gasteiger partial charge in [-0.2, -0.15) is 0 Å². The van der Waals surface area contributed by atoms with E-state index in [1.165, 1.54) is 0 Å². The van der Waals surface area contributed by atoms with Gasteiger partial charge in [0.15, 0.2) is 11.5 Å². The van der Waals surface area contributed by atoms with E-state index in [9.17, 15) is 0 Å². The number of hydrogen-bond acceptors (Lipinski definition) is 4. The quantitative estimate of drug-likeness (QED) is 0.784. The fraction of sp³-hybridized carbons (Fsp3) is 0.500. The first-order valence-corrected chi connectivity index (χ1v) is 5.91. The highest BCUT2D eigenvalue weighted by atomic mass is 35.5. The Morgan fingerprint density at radius 3 is 2.76 bits per heavy atom. The van der Waals surface area contributed by atoms with E-state index in [1.807, 2.05) is 19.1 Å². The zero-order chi connectivity index (χ0) is 12.7. The normalized spacial score (nSPS) is 10.4. The molecule has 0 amide bonds. The molecular weight excluding hydrogens is 242 g/mol. The highest BCUT2D eigenvalue weighted by Crippen LogP contribution is 2.36. The van der Waals surface area contributed by atoms with E-state index in [0.29, 0.717) is 16.5 Å². The standard InChI is InChI=1S/C12H18ClNO3/c1-3-14-8-9-6-10(13)12(17-5-4-15)11(7-9)16-2/h6-7,14-15H,3-5,8H2,1-2H3. The van der Waals surface area contributed by atoms with Crippen molar-refractivity contribution in [2.75, 3.05) is 26.9 Å². The van der Waals surface area contributed by atoms with Gasteiger partial charge in [0, 0.05) is 6.54 Å². The van der Waals surface area contributed by atoms with Gasteiger partial charge in [0.05, 0.1) is 18.7 Å². The molecule has 0 radical (unpaired) electrons. The maximum atomic E-state index is 8.73. The molecule has 0 spiro atoms. The molecule has 0 saturated heterocycles. The summed E-state index contributed by atoms with van der Waals surface area (Å²) in [4.78, 5) is 0. The van der Waals surface area contributed by atoms with Gasteiger partial charge in [0.2, 0.25) is 0 Å². The summed E-state index contributed by atoms with van der Waals surface area (Å²) < 4.78 is 10.6. The molecule has 5 heteroatoms. The molecule has 1 aromatic carbocycles. The highest BCUT2D eigenvalue weighted by Gasteiger charge is 2.11. The van der Waals surface area contributed by atoms with Gasteiger partial charge in [-0.05, 0) is 24.2 Å². The molecule has 1 rings (SSSR count). The number of aliphatic hydroxyl groups is 1. The van der Waals surface area contributed by atoms with Gasteiger partial charge in [0.1, 0.15) is 6.61 Å². The number of rotatable bonds is 7. The molecule has 0 aliphatic rings. The summed E-state index contributed by atoms with van der Waals surface area (Å²) in [6.07, 6.45) is 0. The summed E-state index contributed by atoms with van der Waals surface area (Å²) in [7, 11) is 1.56. The predicted octanol–water partition coefficient (Wildman–Crippen LogP) is 1.83. The molecule has 17 heavy (non-hydrogen) atoms. The molecule has 0 aliphatic heterocycles. The molecule has 0 heterocycles. The monoisotopic (exact) mass is 259 g/mol. The van der Waals surface area contributed by atoms with E-state index in [0.717, 1.165) is 18.7 Å². The Bertz CT molecular complexity index is 358. The minimum absolute atomic E-state index is 0.0569. The lowest BCUT2D eigenvalue weighted by Gasteiger charge is -2.13. The molecule has 1 aromatic rings. The van der Waals surface area contributed by atoms with E-state index in [1.54, 1.807) is 7.11 Å². The van der Waals surface area contributed by atoms with Crippen molar-refractivity contribution in [2.24, 2.45) is 0 Å². The first-order valence-electron chi connectivity index (χ1n) is 5.53. The third-order valence-corrected chi connectivity index (χ3v) is 2.49. The molecule has 4 nitrogen and oxygen atoms in total. The predicted molar refractivity (Wildman–Crippen MR) is 68.0 cm³/mol. The van der Waals surface area contributed by atoms with Gasteiger partial charge in [0.25, 0.3) is 0 Å². The lowest BCUT2D eigenvalue weighted by atomic mass is 10.2. The lowest BCUT2D eigenvalue weighted by molar-refractivity contribution is 0.196. The Hall–Kier alpha value is -0.970. The van der Waals surface area contributed by atoms with Crippen LogP contribution in [0.2, 0.25) is 5.02 Å². The minimum Gasteiger partial charge on any atom is -0.493 e. The SMILES string of the molecule is CCNCc1cc(Cl)c(OCCO)c(OC)c1. The Morgan fingerprint density at radius 2 is 2.18 bits per heavy atom. The Kier molecular flexibility index (Phi) is 6.11. The molecule has 0 aliphatic carbocycles. The van der Waals surface area contributed by atoms with E-state index in [-0.39, 0.29) is 13.2 Å². The average molecular weight is 260 g/mol. The van der Waals surface area contributed by atoms with Crippen molar-refractivity contribution in [3.05, 3.63) is 22.7 Å². The second-order valence-corrected chi connectivity index (χ2v) is 3.87. The Balaban J connectivity index is 2.90. The molecule has 96 valence electrons. The Morgan fingerprint density at radius 1 is 1.41 bits per heavy atom. The number of methoxy groups -OCH3 is 1. The number of aliphatic hydroxyl groups excluding tert-OH is 1. The van der Waals surface area contributed by atoms with Crippen LogP contribution in [0.5, 0.6) is 11.5 Å². The number of ether oxygens (including phenoxy) is 2. The second kappa shape index (κ2) is 7.37. The van der Waals surface area contributed by atoms with E-state index < -0.39 is 0 Å². The van der Waals surface area contributed by atoms with Crippen LogP contribution in [0.25, 0.3) is 0 Å². The third kappa shape index (κ3) is 4.07. The van der Waals surface area contributed by atoms with Crippen LogP contribution in [0.15, 0.2) is 12.1 Å². The molecule has 0 bridgehead atoms. The summed E-state index contributed by atoms with van der Waals surface area (Å²) in [6, 6.07) is 3.71. The number of halogens is 1. The van der Waals surface area contributed by atoms with E-state index in [2.05, 4.69) is 5.32 Å². The van der Waals surface area contributed by atoms with Crippen molar-refractivity contribution in [1.82, 2.24) is 5.32 Å². The molecule has 0 aromatic heterocycles. The maximum Gasteiger partial charge on any atom is 0.179 e. The van der Waals surface area contributed by atoms with Crippen molar-refractivity contribution >= 4 is 11.6 Å². The first kappa shape index (κ1) is 14.1. The highest BCUT2D eigenvalue weighted by molar-refractivity contribution is 6.32. The van der Waals surface area contributed by atoms with Gasteiger partial charge in [-0.1, -0.05) is 18.5 Å². The van der Waals surface area contributed by atoms with Crippen molar-refractivity contribution in [3.8, 4) is 11.5 Å². The van der Waals surface area contributed by atoms with Crippen molar-refractivity contribution in [1.29, 1.82) is 0 Å². The van der Waals surface area contributed by atoms with Crippen LogP contribution < -0.4 is 14.8 Å². The minimum atomic E-state index is -0.0569. The van der Waals surface area contributed by atoms with Crippen LogP contribution in [-0.2, 0) is 6.54 Å². The summed E-state index contributed by atoms with van der Waals surface area (Å²) in [5.41, 5.74) is 1.03. The summed E-state index contributed by atoms with van der Waals surface area (Å²) in [5, 5.41) is 12.4. The molecule has 0 unspecified atom stereocenters. The lowest BCUT2D eigenvalue weighted by Crippen LogP contribution is -2.12. The van der Waals surface area contributed by atoms with Crippen LogP contribution in [0.4, 0.5) is 0 Å². The van der Waals surface area contributed by atoms with Gasteiger partial charge in [-0.25, -0.2) is 0 Å². The van der Waals surface area contributed by atoms with Crippen LogP contribution in [-0.4, -0.2) is 32.0 Å². The first-order chi connectivity index (χ1) is 8.22. The van der Waals surface area contributed by atoms with Crippen LogP contribution >= 0.6 is 11.6 Å². The Labute approximate surface area is 106 Å². The molecule has 0 atom stereocenters. The molecule has 0 saturated carbocycles. The number of hydrogen-bond donors (Lipinski definition) is 2. The van der Waals surface area contributed by atoms with Crippen molar-refractivity contribution in [2.45, 2.75) is 13.5 Å². The van der Waals surface area contributed by atoms with Crippen molar-refractivity contribution < 1.29 is 14.6 Å². The van der Waals surface area contributed by atoms with Crippen molar-refractivity contribution in [3.63, 3.8) is 0 Å². The third-order valence-electron chi connectivity index (χ3n) is 2.21. The van der Waals surface area contributed by atoms with Gasteiger partial charge in [-0.15, -0.1) is 0 Å². The fourth-order valence-electron chi connectivity index (χ4n) is 1.43. The zero-order valence-corrected chi connectivity index (χ0v) is 10.9. The number of benzene rings is 1.